The van der Waals surface area contributed by atoms with Crippen LogP contribution in [0.1, 0.15) is 0 Å². The molecule has 0 aliphatic carbocycles. The van der Waals surface area contributed by atoms with Gasteiger partial charge in [-0.1, -0.05) is 23.5 Å². The first-order chi connectivity index (χ1) is 11.6. The van der Waals surface area contributed by atoms with Gasteiger partial charge in [-0.2, -0.15) is 3.22 Å². The van der Waals surface area contributed by atoms with Crippen molar-refractivity contribution in [3.05, 3.63) is 48.5 Å². The number of halogens is 1. The van der Waals surface area contributed by atoms with Crippen LogP contribution in [0.15, 0.2) is 48.5 Å². The minimum atomic E-state index is -0.363. The highest BCUT2D eigenvalue weighted by molar-refractivity contribution is 14.1. The normalized spacial score (nSPS) is 10.2. The molecule has 0 aliphatic heterocycles. The monoisotopic (exact) mass is 453 g/mol. The zero-order valence-electron chi connectivity index (χ0n) is 12.2. The number of hydrogen-bond acceptors (Lipinski definition) is 5. The van der Waals surface area contributed by atoms with Gasteiger partial charge in [0.2, 0.25) is 6.41 Å². The Morgan fingerprint density at radius 1 is 1.08 bits per heavy atom. The number of hydrazine groups is 1. The van der Waals surface area contributed by atoms with Crippen molar-refractivity contribution in [2.45, 2.75) is 0 Å². The molecule has 0 saturated carbocycles. The van der Waals surface area contributed by atoms with E-state index in [9.17, 15) is 9.59 Å². The average molecular weight is 453 g/mol. The summed E-state index contributed by atoms with van der Waals surface area (Å²) < 4.78 is 2.28. The fourth-order valence-electron chi connectivity index (χ4n) is 1.96. The molecule has 3 aromatic rings. The molecule has 0 atom stereocenters. The van der Waals surface area contributed by atoms with Crippen molar-refractivity contribution in [2.75, 3.05) is 16.1 Å². The van der Waals surface area contributed by atoms with Crippen molar-refractivity contribution in [3.63, 3.8) is 0 Å². The number of hydrogen-bond donors (Lipinski definition) is 3. The summed E-state index contributed by atoms with van der Waals surface area (Å²) in [5, 5.41) is 6.00. The first-order valence-electron chi connectivity index (χ1n) is 6.84. The summed E-state index contributed by atoms with van der Waals surface area (Å²) in [4.78, 5) is 26.9. The van der Waals surface area contributed by atoms with Crippen LogP contribution in [0.4, 0.5) is 21.3 Å². The van der Waals surface area contributed by atoms with Crippen LogP contribution in [0.5, 0.6) is 0 Å². The van der Waals surface area contributed by atoms with E-state index in [2.05, 4.69) is 21.0 Å². The molecule has 24 heavy (non-hydrogen) atoms. The van der Waals surface area contributed by atoms with Crippen LogP contribution in [0.2, 0.25) is 0 Å². The quantitative estimate of drug-likeness (QED) is 0.235. The van der Waals surface area contributed by atoms with Crippen molar-refractivity contribution in [1.29, 1.82) is 0 Å². The average Bonchev–Trinajstić information content (AvgIpc) is 2.98. The Morgan fingerprint density at radius 3 is 2.50 bits per heavy atom. The Kier molecular flexibility index (Phi) is 5.11. The molecule has 3 amide bonds. The molecule has 0 spiro atoms. The van der Waals surface area contributed by atoms with E-state index < -0.39 is 0 Å². The number of fused-ring (bicyclic) bond motifs is 1. The number of carbonyl (C=O) groups is 2. The third kappa shape index (κ3) is 4.11. The summed E-state index contributed by atoms with van der Waals surface area (Å²) >= 11 is 3.24. The standard InChI is InChI=1S/C15H12IN5O2S/c16-21(9-22)20-11-7-5-10(6-8-11)17-14(23)19-15-18-12-3-1-2-4-13(12)24-15/h1-9,20H,(H2,17,18,19,23). The molecule has 0 radical (unpaired) electrons. The summed E-state index contributed by atoms with van der Waals surface area (Å²) in [6.07, 6.45) is 0.651. The van der Waals surface area contributed by atoms with Crippen molar-refractivity contribution in [3.8, 4) is 0 Å². The van der Waals surface area contributed by atoms with Gasteiger partial charge in [-0.05, 0) is 36.4 Å². The van der Waals surface area contributed by atoms with Crippen LogP contribution in [0, 0.1) is 0 Å². The molecule has 0 bridgehead atoms. The highest BCUT2D eigenvalue weighted by Gasteiger charge is 2.07. The molecular formula is C15H12IN5O2S. The second-order valence-corrected chi connectivity index (χ2v) is 6.74. The number of thiazole rings is 1. The van der Waals surface area contributed by atoms with Crippen LogP contribution in [0.25, 0.3) is 10.2 Å². The van der Waals surface area contributed by atoms with E-state index in [1.807, 2.05) is 47.1 Å². The van der Waals surface area contributed by atoms with E-state index >= 15 is 0 Å². The van der Waals surface area contributed by atoms with E-state index in [1.54, 1.807) is 24.3 Å². The maximum Gasteiger partial charge on any atom is 0.325 e. The first-order valence-corrected chi connectivity index (χ1v) is 8.63. The number of nitrogens with zero attached hydrogens (tertiary/aromatic N) is 2. The molecule has 9 heteroatoms. The Bertz CT molecular complexity index is 835. The van der Waals surface area contributed by atoms with Gasteiger partial charge >= 0.3 is 6.03 Å². The minimum Gasteiger partial charge on any atom is -0.308 e. The first kappa shape index (κ1) is 16.5. The number of urea groups is 1. The van der Waals surface area contributed by atoms with Crippen LogP contribution < -0.4 is 16.1 Å². The second kappa shape index (κ2) is 7.45. The summed E-state index contributed by atoms with van der Waals surface area (Å²) in [5.41, 5.74) is 5.06. The van der Waals surface area contributed by atoms with Gasteiger partial charge in [-0.3, -0.25) is 15.5 Å². The van der Waals surface area contributed by atoms with Gasteiger partial charge in [0.05, 0.1) is 38.8 Å². The van der Waals surface area contributed by atoms with Gasteiger partial charge < -0.3 is 5.32 Å². The predicted octanol–water partition coefficient (Wildman–Crippen LogP) is 4.08. The number of aromatic nitrogens is 1. The number of nitrogens with one attached hydrogen (secondary N) is 3. The summed E-state index contributed by atoms with van der Waals surface area (Å²) in [5.74, 6) is 0. The molecule has 1 aromatic heterocycles. The molecule has 122 valence electrons. The summed E-state index contributed by atoms with van der Waals surface area (Å²) in [6, 6.07) is 14.3. The zero-order chi connectivity index (χ0) is 16.9. The number of carbonyl (C=O) groups excluding carboxylic acids is 2. The third-order valence-corrected chi connectivity index (χ3v) is 4.41. The van der Waals surface area contributed by atoms with E-state index in [0.29, 0.717) is 17.2 Å². The Morgan fingerprint density at radius 2 is 1.79 bits per heavy atom. The van der Waals surface area contributed by atoms with Crippen molar-refractivity contribution < 1.29 is 9.59 Å². The van der Waals surface area contributed by atoms with E-state index in [4.69, 9.17) is 0 Å². The number of anilines is 3. The van der Waals surface area contributed by atoms with Crippen LogP contribution in [-0.4, -0.2) is 20.6 Å². The Balaban J connectivity index is 1.61. The maximum absolute atomic E-state index is 12.0. The smallest absolute Gasteiger partial charge is 0.308 e. The molecule has 2 aromatic carbocycles. The van der Waals surface area contributed by atoms with Crippen LogP contribution >= 0.6 is 34.2 Å². The van der Waals surface area contributed by atoms with Gasteiger partial charge in [-0.25, -0.2) is 9.78 Å². The third-order valence-electron chi connectivity index (χ3n) is 2.99. The molecule has 0 saturated heterocycles. The highest BCUT2D eigenvalue weighted by Crippen LogP contribution is 2.25. The largest absolute Gasteiger partial charge is 0.325 e. The predicted molar refractivity (Wildman–Crippen MR) is 104 cm³/mol. The zero-order valence-corrected chi connectivity index (χ0v) is 15.2. The fourth-order valence-corrected chi connectivity index (χ4v) is 3.10. The van der Waals surface area contributed by atoms with Crippen molar-refractivity contribution in [2.24, 2.45) is 0 Å². The van der Waals surface area contributed by atoms with Gasteiger partial charge in [0.15, 0.2) is 5.13 Å². The Labute approximate surface area is 155 Å². The summed E-state index contributed by atoms with van der Waals surface area (Å²) in [6.45, 7) is 0. The van der Waals surface area contributed by atoms with Gasteiger partial charge in [-0.15, -0.1) is 0 Å². The molecular weight excluding hydrogens is 441 g/mol. The van der Waals surface area contributed by atoms with E-state index in [0.717, 1.165) is 15.9 Å². The lowest BCUT2D eigenvalue weighted by molar-refractivity contribution is -0.112. The SMILES string of the molecule is O=CN(I)Nc1ccc(NC(=O)Nc2nc3ccccc3s2)cc1. The van der Waals surface area contributed by atoms with E-state index in [-0.39, 0.29) is 6.03 Å². The minimum absolute atomic E-state index is 0.363. The Hall–Kier alpha value is -2.40. The van der Waals surface area contributed by atoms with Gasteiger partial charge in [0, 0.05) is 5.69 Å². The molecule has 1 heterocycles. The van der Waals surface area contributed by atoms with Crippen molar-refractivity contribution in [1.82, 2.24) is 8.21 Å². The summed E-state index contributed by atoms with van der Waals surface area (Å²) in [7, 11) is 0. The van der Waals surface area contributed by atoms with Crippen molar-refractivity contribution >= 4 is 73.4 Å². The highest BCUT2D eigenvalue weighted by atomic mass is 127. The van der Waals surface area contributed by atoms with Crippen LogP contribution in [-0.2, 0) is 4.79 Å². The van der Waals surface area contributed by atoms with E-state index in [1.165, 1.54) is 14.6 Å². The molecule has 7 nitrogen and oxygen atoms in total. The lowest BCUT2D eigenvalue weighted by Crippen LogP contribution is -2.19. The number of para-hydroxylation sites is 1. The molecule has 0 unspecified atom stereocenters. The molecule has 3 rings (SSSR count). The second-order valence-electron chi connectivity index (χ2n) is 4.67. The molecule has 0 fully saturated rings. The maximum atomic E-state index is 12.0. The van der Waals surface area contributed by atoms with Gasteiger partial charge in [0.1, 0.15) is 0 Å². The van der Waals surface area contributed by atoms with Crippen LogP contribution in [0.3, 0.4) is 0 Å². The lowest BCUT2D eigenvalue weighted by Gasteiger charge is -2.12. The number of rotatable bonds is 5. The number of amides is 3. The van der Waals surface area contributed by atoms with Gasteiger partial charge in [0.25, 0.3) is 0 Å². The topological polar surface area (TPSA) is 86.4 Å². The molecule has 0 aliphatic rings. The molecule has 3 N–H and O–H groups in total. The fraction of sp³-hybridized carbons (Fsp3) is 0. The lowest BCUT2D eigenvalue weighted by atomic mass is 10.3. The number of benzene rings is 2.